The summed E-state index contributed by atoms with van der Waals surface area (Å²) in [4.78, 5) is 0. The highest BCUT2D eigenvalue weighted by molar-refractivity contribution is 6.92. The average Bonchev–Trinajstić information content (AvgIpc) is 1.54. The third kappa shape index (κ3) is 1380. The van der Waals surface area contributed by atoms with Gasteiger partial charge in [-0.2, -0.15) is 0 Å². The summed E-state index contributed by atoms with van der Waals surface area (Å²) in [5.74, 6) is 0. The van der Waals surface area contributed by atoms with Gasteiger partial charge in [-0.3, -0.25) is 0 Å². The van der Waals surface area contributed by atoms with Gasteiger partial charge in [0, 0.05) is 36.3 Å². The number of hydrogen-bond donors (Lipinski definition) is 0. The second-order valence-electron chi connectivity index (χ2n) is 5.20. The molecule has 0 aliphatic rings. The van der Waals surface area contributed by atoms with Gasteiger partial charge in [-0.15, -0.1) is 0 Å². The van der Waals surface area contributed by atoms with Crippen molar-refractivity contribution in [2.24, 2.45) is 0 Å². The lowest BCUT2D eigenvalue weighted by molar-refractivity contribution is 1.91. The van der Waals surface area contributed by atoms with Gasteiger partial charge in [0.1, 0.15) is 0 Å². The van der Waals surface area contributed by atoms with Gasteiger partial charge in [0.25, 0.3) is 0 Å². The van der Waals surface area contributed by atoms with Crippen LogP contribution in [0.25, 0.3) is 0 Å². The van der Waals surface area contributed by atoms with E-state index in [0.717, 1.165) is 0 Å². The van der Waals surface area contributed by atoms with E-state index in [1.807, 2.05) is 0 Å². The van der Waals surface area contributed by atoms with Gasteiger partial charge in [0.05, 0.1) is 0 Å². The van der Waals surface area contributed by atoms with Crippen LogP contribution >= 0.6 is 9.90 Å². The Hall–Kier alpha value is 1.08. The molecule has 0 rings (SSSR count). The predicted octanol–water partition coefficient (Wildman–Crippen LogP) is 4.17. The molecule has 0 heterocycles. The molecular weight excluding hydrogens is 223 g/mol. The van der Waals surface area contributed by atoms with Crippen molar-refractivity contribution in [3.63, 3.8) is 0 Å². The molecule has 0 N–H and O–H groups in total. The molecule has 0 aromatic heterocycles. The quantitative estimate of drug-likeness (QED) is 0.449. The van der Waals surface area contributed by atoms with E-state index in [4.69, 9.17) is 0 Å². The Labute approximate surface area is 95.4 Å². The Morgan fingerprint density at radius 1 is 0.385 bits per heavy atom. The topological polar surface area (TPSA) is 0 Å². The minimum Gasteiger partial charge on any atom is -0.0724 e. The molecule has 0 aromatic rings. The van der Waals surface area contributed by atoms with Crippen molar-refractivity contribution in [2.45, 2.75) is 58.9 Å². The maximum atomic E-state index is 2.31. The molecule has 0 amide bonds. The lowest BCUT2D eigenvalue weighted by atomic mass is 11.8. The average molecular weight is 254 g/mol. The van der Waals surface area contributed by atoms with E-state index >= 15 is 0 Å². The number of rotatable bonds is 0. The van der Waals surface area contributed by atoms with Gasteiger partial charge < -0.3 is 0 Å². The van der Waals surface area contributed by atoms with Crippen LogP contribution in [0.15, 0.2) is 0 Å². The zero-order chi connectivity index (χ0) is 10.7. The fraction of sp³-hybridized carbons (Fsp3) is 1.00. The van der Waals surface area contributed by atoms with Crippen LogP contribution in [0.3, 0.4) is 0 Å². The van der Waals surface area contributed by atoms with Crippen LogP contribution in [0.5, 0.6) is 0 Å². The van der Waals surface area contributed by atoms with Crippen molar-refractivity contribution in [1.29, 1.82) is 0 Å². The Morgan fingerprint density at radius 3 is 0.385 bits per heavy atom. The minimum atomic E-state index is -0.139. The molecule has 0 aliphatic heterocycles. The molecule has 4 heteroatoms. The highest BCUT2D eigenvalue weighted by Crippen LogP contribution is 1.68. The SMILES string of the molecule is C[SiH](C)C.C[SiH](C)C.C[SiH](C)C.[P]. The molecule has 0 saturated heterocycles. The largest absolute Gasteiger partial charge is 0.0724 e. The van der Waals surface area contributed by atoms with Gasteiger partial charge in [0.15, 0.2) is 0 Å². The molecule has 3 radical (unpaired) electrons. The van der Waals surface area contributed by atoms with E-state index < -0.39 is 0 Å². The normalized spacial score (nSPS) is 8.31. The van der Waals surface area contributed by atoms with Crippen LogP contribution in [0, 0.1) is 0 Å². The molecule has 0 aromatic carbocycles. The third-order valence-electron chi connectivity index (χ3n) is 0. The first-order chi connectivity index (χ1) is 5.20. The molecule has 0 aliphatic carbocycles. The third-order valence-corrected chi connectivity index (χ3v) is 0. The maximum absolute atomic E-state index is 2.31. The molecule has 0 spiro atoms. The first-order valence-electron chi connectivity index (χ1n) is 5.20. The molecule has 0 fully saturated rings. The molecule has 0 bridgehead atoms. The van der Waals surface area contributed by atoms with Crippen LogP contribution in [0.1, 0.15) is 0 Å². The van der Waals surface area contributed by atoms with Crippen LogP contribution in [-0.2, 0) is 0 Å². The van der Waals surface area contributed by atoms with E-state index in [0.29, 0.717) is 0 Å². The first-order valence-corrected chi connectivity index (χ1v) is 15.6. The Balaban J connectivity index is -0.0000000450. The van der Waals surface area contributed by atoms with Gasteiger partial charge >= 0.3 is 0 Å². The Bertz CT molecular complexity index is 43.4. The summed E-state index contributed by atoms with van der Waals surface area (Å²) in [6.45, 7) is 20.8. The van der Waals surface area contributed by atoms with Crippen LogP contribution < -0.4 is 0 Å². The van der Waals surface area contributed by atoms with E-state index in [2.05, 4.69) is 58.9 Å². The fourth-order valence-corrected chi connectivity index (χ4v) is 0. The van der Waals surface area contributed by atoms with E-state index in [-0.39, 0.29) is 36.3 Å². The number of hydrogen-bond acceptors (Lipinski definition) is 0. The smallest absolute Gasteiger partial charge is 0.0274 e. The summed E-state index contributed by atoms with van der Waals surface area (Å²) in [7, 11) is -0.417. The van der Waals surface area contributed by atoms with E-state index in [1.165, 1.54) is 0 Å². The second kappa shape index (κ2) is 18.8. The van der Waals surface area contributed by atoms with E-state index in [9.17, 15) is 0 Å². The van der Waals surface area contributed by atoms with Crippen molar-refractivity contribution < 1.29 is 0 Å². The summed E-state index contributed by atoms with van der Waals surface area (Å²) in [5, 5.41) is 0. The molecule has 0 atom stereocenters. The highest BCUT2D eigenvalue weighted by atomic mass is 31.0. The van der Waals surface area contributed by atoms with Crippen LogP contribution in [0.2, 0.25) is 58.9 Å². The standard InChI is InChI=1S/3C3H10Si.P/c3*1-4(2)3;/h3*4H,1-3H3;. The summed E-state index contributed by atoms with van der Waals surface area (Å²) >= 11 is 0. The summed E-state index contributed by atoms with van der Waals surface area (Å²) in [6, 6.07) is 0. The molecule has 13 heavy (non-hydrogen) atoms. The first kappa shape index (κ1) is 23.7. The van der Waals surface area contributed by atoms with E-state index in [1.54, 1.807) is 0 Å². The highest BCUT2D eigenvalue weighted by Gasteiger charge is 1.72. The van der Waals surface area contributed by atoms with Crippen molar-refractivity contribution in [1.82, 2.24) is 0 Å². The molecule has 0 nitrogen and oxygen atoms in total. The molecule has 0 saturated carbocycles. The predicted molar refractivity (Wildman–Crippen MR) is 81.1 cm³/mol. The van der Waals surface area contributed by atoms with Gasteiger partial charge in [0.2, 0.25) is 0 Å². The minimum absolute atomic E-state index is 0. The van der Waals surface area contributed by atoms with Crippen molar-refractivity contribution in [3.8, 4) is 0 Å². The summed E-state index contributed by atoms with van der Waals surface area (Å²) < 4.78 is 0. The maximum Gasteiger partial charge on any atom is 0.0274 e. The lowest BCUT2D eigenvalue weighted by Crippen LogP contribution is -1.84. The zero-order valence-electron chi connectivity index (χ0n) is 11.2. The summed E-state index contributed by atoms with van der Waals surface area (Å²) in [6.07, 6.45) is 0. The zero-order valence-corrected chi connectivity index (χ0v) is 15.5. The van der Waals surface area contributed by atoms with Crippen molar-refractivity contribution in [2.75, 3.05) is 0 Å². The monoisotopic (exact) mass is 253 g/mol. The second-order valence-corrected chi connectivity index (χ2v) is 15.6. The van der Waals surface area contributed by atoms with Gasteiger partial charge in [-0.1, -0.05) is 58.9 Å². The molecule has 0 unspecified atom stereocenters. The lowest BCUT2D eigenvalue weighted by Gasteiger charge is -1.75. The molecule has 83 valence electrons. The molecular formula is C9H30PSi3. The van der Waals surface area contributed by atoms with Gasteiger partial charge in [-0.25, -0.2) is 0 Å². The fourth-order valence-electron chi connectivity index (χ4n) is 0. The van der Waals surface area contributed by atoms with Crippen molar-refractivity contribution in [3.05, 3.63) is 0 Å². The van der Waals surface area contributed by atoms with Crippen LogP contribution in [0.4, 0.5) is 0 Å². The summed E-state index contributed by atoms with van der Waals surface area (Å²) in [5.41, 5.74) is 0. The van der Waals surface area contributed by atoms with Crippen molar-refractivity contribution >= 4 is 36.3 Å². The Morgan fingerprint density at radius 2 is 0.385 bits per heavy atom. The van der Waals surface area contributed by atoms with Crippen LogP contribution in [-0.4, -0.2) is 26.4 Å². The van der Waals surface area contributed by atoms with Gasteiger partial charge in [-0.05, 0) is 0 Å². The Kier molecular flexibility index (Phi) is 34.3.